The molecule has 1 heterocycles. The maximum atomic E-state index is 12.1. The van der Waals surface area contributed by atoms with Gasteiger partial charge in [0.05, 0.1) is 0 Å². The van der Waals surface area contributed by atoms with Crippen LogP contribution in [0.4, 0.5) is 4.79 Å². The number of amides is 2. The molecule has 110 valence electrons. The number of urea groups is 1. The molecule has 0 aromatic rings. The fraction of sp³-hybridized carbons (Fsp3) is 0.846. The van der Waals surface area contributed by atoms with E-state index < -0.39 is 12.0 Å². The summed E-state index contributed by atoms with van der Waals surface area (Å²) in [5.41, 5.74) is 0. The largest absolute Gasteiger partial charge is 0.480 e. The molecule has 1 aliphatic heterocycles. The smallest absolute Gasteiger partial charge is 0.326 e. The summed E-state index contributed by atoms with van der Waals surface area (Å²) in [5, 5.41) is 14.8. The Hall–Kier alpha value is -1.30. The SMILES string of the molecule is CCC[C@H](NC(=O)N1CCCC(CNC)C1)C(=O)O. The molecule has 19 heavy (non-hydrogen) atoms. The Labute approximate surface area is 114 Å². The molecule has 1 unspecified atom stereocenters. The summed E-state index contributed by atoms with van der Waals surface area (Å²) in [7, 11) is 1.90. The van der Waals surface area contributed by atoms with Crippen LogP contribution in [-0.2, 0) is 4.79 Å². The number of carbonyl (C=O) groups excluding carboxylic acids is 1. The zero-order valence-corrected chi connectivity index (χ0v) is 11.8. The number of carboxylic acid groups (broad SMARTS) is 1. The monoisotopic (exact) mass is 271 g/mol. The molecule has 0 saturated carbocycles. The van der Waals surface area contributed by atoms with Gasteiger partial charge in [-0.15, -0.1) is 0 Å². The van der Waals surface area contributed by atoms with Crippen molar-refractivity contribution in [1.29, 1.82) is 0 Å². The number of carboxylic acids is 1. The van der Waals surface area contributed by atoms with Crippen LogP contribution < -0.4 is 10.6 Å². The number of carbonyl (C=O) groups is 2. The average Bonchev–Trinajstić information content (AvgIpc) is 2.38. The molecule has 0 aromatic carbocycles. The Balaban J connectivity index is 2.49. The van der Waals surface area contributed by atoms with Crippen LogP contribution in [0.2, 0.25) is 0 Å². The molecule has 1 aliphatic rings. The van der Waals surface area contributed by atoms with Crippen molar-refractivity contribution in [3.63, 3.8) is 0 Å². The second-order valence-corrected chi connectivity index (χ2v) is 5.14. The van der Waals surface area contributed by atoms with Crippen LogP contribution in [0.1, 0.15) is 32.6 Å². The van der Waals surface area contributed by atoms with E-state index in [2.05, 4.69) is 10.6 Å². The van der Waals surface area contributed by atoms with Crippen molar-refractivity contribution in [3.05, 3.63) is 0 Å². The first-order valence-electron chi connectivity index (χ1n) is 7.01. The van der Waals surface area contributed by atoms with Crippen LogP contribution in [0.25, 0.3) is 0 Å². The zero-order valence-electron chi connectivity index (χ0n) is 11.8. The lowest BCUT2D eigenvalue weighted by Gasteiger charge is -2.33. The van der Waals surface area contributed by atoms with E-state index in [1.54, 1.807) is 4.90 Å². The van der Waals surface area contributed by atoms with Crippen molar-refractivity contribution in [2.45, 2.75) is 38.6 Å². The third-order valence-corrected chi connectivity index (χ3v) is 3.47. The highest BCUT2D eigenvalue weighted by Gasteiger charge is 2.26. The van der Waals surface area contributed by atoms with Gasteiger partial charge in [0, 0.05) is 13.1 Å². The van der Waals surface area contributed by atoms with Gasteiger partial charge in [-0.1, -0.05) is 13.3 Å². The minimum absolute atomic E-state index is 0.248. The molecule has 6 nitrogen and oxygen atoms in total. The Morgan fingerprint density at radius 2 is 2.21 bits per heavy atom. The van der Waals surface area contributed by atoms with Crippen molar-refractivity contribution in [1.82, 2.24) is 15.5 Å². The molecule has 0 spiro atoms. The molecular weight excluding hydrogens is 246 g/mol. The van der Waals surface area contributed by atoms with Crippen LogP contribution in [0, 0.1) is 5.92 Å². The maximum absolute atomic E-state index is 12.1. The number of hydrogen-bond acceptors (Lipinski definition) is 3. The highest BCUT2D eigenvalue weighted by molar-refractivity contribution is 5.82. The minimum atomic E-state index is -0.959. The van der Waals surface area contributed by atoms with E-state index in [0.717, 1.165) is 25.8 Å². The van der Waals surface area contributed by atoms with Crippen LogP contribution in [-0.4, -0.2) is 54.7 Å². The predicted octanol–water partition coefficient (Wildman–Crippen LogP) is 0.881. The van der Waals surface area contributed by atoms with E-state index in [4.69, 9.17) is 5.11 Å². The molecule has 0 bridgehead atoms. The summed E-state index contributed by atoms with van der Waals surface area (Å²) in [6, 6.07) is -1.02. The molecule has 0 aromatic heterocycles. The molecule has 3 N–H and O–H groups in total. The first-order chi connectivity index (χ1) is 9.08. The van der Waals surface area contributed by atoms with Gasteiger partial charge in [0.25, 0.3) is 0 Å². The normalized spacial score (nSPS) is 20.9. The Morgan fingerprint density at radius 3 is 2.79 bits per heavy atom. The second-order valence-electron chi connectivity index (χ2n) is 5.14. The maximum Gasteiger partial charge on any atom is 0.326 e. The van der Waals surface area contributed by atoms with Crippen molar-refractivity contribution >= 4 is 12.0 Å². The van der Waals surface area contributed by atoms with Gasteiger partial charge < -0.3 is 20.6 Å². The molecular formula is C13H25N3O3. The van der Waals surface area contributed by atoms with Crippen molar-refractivity contribution in [2.24, 2.45) is 5.92 Å². The van der Waals surface area contributed by atoms with Gasteiger partial charge >= 0.3 is 12.0 Å². The fourth-order valence-corrected chi connectivity index (χ4v) is 2.49. The fourth-order valence-electron chi connectivity index (χ4n) is 2.49. The van der Waals surface area contributed by atoms with E-state index in [9.17, 15) is 9.59 Å². The van der Waals surface area contributed by atoms with Crippen LogP contribution in [0.5, 0.6) is 0 Å². The molecule has 0 aliphatic carbocycles. The standard InChI is InChI=1S/C13H25N3O3/c1-3-5-11(12(17)18)15-13(19)16-7-4-6-10(9-16)8-14-2/h10-11,14H,3-9H2,1-2H3,(H,15,19)(H,17,18)/t10?,11-/m0/s1. The number of likely N-dealkylation sites (tertiary alicyclic amines) is 1. The number of nitrogens with zero attached hydrogens (tertiary/aromatic N) is 1. The summed E-state index contributed by atoms with van der Waals surface area (Å²) in [4.78, 5) is 24.8. The summed E-state index contributed by atoms with van der Waals surface area (Å²) >= 11 is 0. The van der Waals surface area contributed by atoms with Crippen LogP contribution in [0.3, 0.4) is 0 Å². The topological polar surface area (TPSA) is 81.7 Å². The molecule has 1 fully saturated rings. The number of nitrogens with one attached hydrogen (secondary N) is 2. The van der Waals surface area contributed by atoms with Gasteiger partial charge in [-0.3, -0.25) is 0 Å². The van der Waals surface area contributed by atoms with Gasteiger partial charge in [0.1, 0.15) is 6.04 Å². The second kappa shape index (κ2) is 7.99. The van der Waals surface area contributed by atoms with Crippen molar-refractivity contribution in [3.8, 4) is 0 Å². The first kappa shape index (κ1) is 15.8. The third kappa shape index (κ3) is 5.06. The Bertz CT molecular complexity index is 308. The summed E-state index contributed by atoms with van der Waals surface area (Å²) in [6.07, 6.45) is 3.29. The number of aliphatic carboxylic acids is 1. The highest BCUT2D eigenvalue weighted by atomic mass is 16.4. The van der Waals surface area contributed by atoms with Gasteiger partial charge in [0.2, 0.25) is 0 Å². The number of hydrogen-bond donors (Lipinski definition) is 3. The lowest BCUT2D eigenvalue weighted by Crippen LogP contribution is -2.51. The summed E-state index contributed by atoms with van der Waals surface area (Å²) < 4.78 is 0. The Morgan fingerprint density at radius 1 is 1.47 bits per heavy atom. The molecule has 0 radical (unpaired) electrons. The number of rotatable bonds is 6. The minimum Gasteiger partial charge on any atom is -0.480 e. The van der Waals surface area contributed by atoms with E-state index >= 15 is 0 Å². The van der Waals surface area contributed by atoms with Gasteiger partial charge in [-0.25, -0.2) is 9.59 Å². The van der Waals surface area contributed by atoms with E-state index in [1.165, 1.54) is 0 Å². The quantitative estimate of drug-likeness (QED) is 0.670. The molecule has 1 rings (SSSR count). The van der Waals surface area contributed by atoms with Gasteiger partial charge in [-0.05, 0) is 38.8 Å². The highest BCUT2D eigenvalue weighted by Crippen LogP contribution is 2.15. The van der Waals surface area contributed by atoms with Crippen molar-refractivity contribution < 1.29 is 14.7 Å². The average molecular weight is 271 g/mol. The van der Waals surface area contributed by atoms with E-state index in [0.29, 0.717) is 25.4 Å². The number of piperidine rings is 1. The lowest BCUT2D eigenvalue weighted by molar-refractivity contribution is -0.139. The Kier molecular flexibility index (Phi) is 6.62. The molecule has 2 amide bonds. The van der Waals surface area contributed by atoms with Crippen LogP contribution in [0.15, 0.2) is 0 Å². The lowest BCUT2D eigenvalue weighted by atomic mass is 9.98. The third-order valence-electron chi connectivity index (χ3n) is 3.47. The zero-order chi connectivity index (χ0) is 14.3. The molecule has 1 saturated heterocycles. The van der Waals surface area contributed by atoms with Crippen LogP contribution >= 0.6 is 0 Å². The summed E-state index contributed by atoms with van der Waals surface area (Å²) in [6.45, 7) is 4.21. The predicted molar refractivity (Wildman–Crippen MR) is 73.1 cm³/mol. The van der Waals surface area contributed by atoms with Gasteiger partial charge in [0.15, 0.2) is 0 Å². The van der Waals surface area contributed by atoms with Gasteiger partial charge in [-0.2, -0.15) is 0 Å². The molecule has 2 atom stereocenters. The summed E-state index contributed by atoms with van der Waals surface area (Å²) in [5.74, 6) is -0.502. The molecule has 6 heteroatoms. The van der Waals surface area contributed by atoms with E-state index in [1.807, 2.05) is 14.0 Å². The van der Waals surface area contributed by atoms with Crippen molar-refractivity contribution in [2.75, 3.05) is 26.7 Å². The first-order valence-corrected chi connectivity index (χ1v) is 7.01. The van der Waals surface area contributed by atoms with E-state index in [-0.39, 0.29) is 6.03 Å².